The molecule has 0 spiro atoms. The number of rotatable bonds is 2. The molecule has 7 nitrogen and oxygen atoms in total. The van der Waals surface area contributed by atoms with Crippen molar-refractivity contribution in [1.82, 2.24) is 9.78 Å². The Morgan fingerprint density at radius 1 is 1.12 bits per heavy atom. The van der Waals surface area contributed by atoms with Crippen LogP contribution in [-0.4, -0.2) is 25.1 Å². The fourth-order valence-electron chi connectivity index (χ4n) is 1.26. The second-order valence-electron chi connectivity index (χ2n) is 3.35. The first-order valence-electron chi connectivity index (χ1n) is 4.72. The van der Waals surface area contributed by atoms with E-state index in [2.05, 4.69) is 15.3 Å². The van der Waals surface area contributed by atoms with Gasteiger partial charge in [0, 0.05) is 25.2 Å². The summed E-state index contributed by atoms with van der Waals surface area (Å²) in [6, 6.07) is 3.76. The molecule has 0 bridgehead atoms. The molecule has 0 amide bonds. The Labute approximate surface area is 96.3 Å². The van der Waals surface area contributed by atoms with Crippen LogP contribution in [0.2, 0.25) is 0 Å². The third-order valence-corrected chi connectivity index (χ3v) is 2.10. The van der Waals surface area contributed by atoms with Gasteiger partial charge in [0.1, 0.15) is 5.75 Å². The Morgan fingerprint density at radius 3 is 2.29 bits per heavy atom. The van der Waals surface area contributed by atoms with Crippen molar-refractivity contribution in [3.63, 3.8) is 0 Å². The number of aryl methyl sites for hydroxylation is 1. The highest BCUT2D eigenvalue weighted by Gasteiger charge is 2.09. The average molecular weight is 234 g/mol. The quantitative estimate of drug-likeness (QED) is 0.691. The average Bonchev–Trinajstić information content (AvgIpc) is 2.62. The first kappa shape index (κ1) is 10.9. The highest BCUT2D eigenvalue weighted by molar-refractivity contribution is 5.63. The van der Waals surface area contributed by atoms with Crippen molar-refractivity contribution in [2.24, 2.45) is 17.3 Å². The monoisotopic (exact) mass is 234 g/mol. The molecule has 0 radical (unpaired) electrons. The molecule has 88 valence electrons. The Balaban J connectivity index is 2.37. The first-order chi connectivity index (χ1) is 8.08. The lowest BCUT2D eigenvalue weighted by atomic mass is 10.2. The normalized spacial score (nSPS) is 11.1. The SMILES string of the molecule is Cn1nccc1/N=N/c1c(O)cc(O)cc1O. The molecule has 0 atom stereocenters. The summed E-state index contributed by atoms with van der Waals surface area (Å²) >= 11 is 0. The van der Waals surface area contributed by atoms with Crippen LogP contribution in [0.15, 0.2) is 34.6 Å². The summed E-state index contributed by atoms with van der Waals surface area (Å²) in [5, 5.41) is 39.5. The molecule has 2 rings (SSSR count). The van der Waals surface area contributed by atoms with E-state index in [4.69, 9.17) is 5.11 Å². The van der Waals surface area contributed by atoms with Crippen LogP contribution in [0, 0.1) is 0 Å². The summed E-state index contributed by atoms with van der Waals surface area (Å²) in [7, 11) is 1.69. The van der Waals surface area contributed by atoms with E-state index >= 15 is 0 Å². The largest absolute Gasteiger partial charge is 0.508 e. The van der Waals surface area contributed by atoms with Crippen LogP contribution < -0.4 is 0 Å². The maximum absolute atomic E-state index is 9.47. The van der Waals surface area contributed by atoms with Crippen molar-refractivity contribution >= 4 is 11.5 Å². The number of nitrogens with zero attached hydrogens (tertiary/aromatic N) is 4. The lowest BCUT2D eigenvalue weighted by Gasteiger charge is -2.01. The zero-order valence-electron chi connectivity index (χ0n) is 8.94. The molecule has 2 aromatic rings. The minimum atomic E-state index is -0.353. The van der Waals surface area contributed by atoms with Gasteiger partial charge in [0.2, 0.25) is 0 Å². The van der Waals surface area contributed by atoms with Gasteiger partial charge in [-0.15, -0.1) is 10.2 Å². The van der Waals surface area contributed by atoms with Gasteiger partial charge in [-0.3, -0.25) is 0 Å². The molecule has 17 heavy (non-hydrogen) atoms. The van der Waals surface area contributed by atoms with Crippen LogP contribution in [0.4, 0.5) is 11.5 Å². The Hall–Kier alpha value is -2.57. The molecule has 0 fully saturated rings. The summed E-state index contributed by atoms with van der Waals surface area (Å²) in [4.78, 5) is 0. The predicted molar refractivity (Wildman–Crippen MR) is 58.8 cm³/mol. The van der Waals surface area contributed by atoms with Crippen molar-refractivity contribution < 1.29 is 15.3 Å². The molecule has 0 aliphatic carbocycles. The number of hydrogen-bond acceptors (Lipinski definition) is 6. The van der Waals surface area contributed by atoms with Gasteiger partial charge in [0.25, 0.3) is 0 Å². The summed E-state index contributed by atoms with van der Waals surface area (Å²) in [5.74, 6) is -0.488. The van der Waals surface area contributed by atoms with Gasteiger partial charge in [0.15, 0.2) is 23.0 Å². The molecule has 0 aliphatic heterocycles. The Kier molecular flexibility index (Phi) is 2.65. The number of phenolic OH excluding ortho intramolecular Hbond substituents is 3. The van der Waals surface area contributed by atoms with E-state index < -0.39 is 0 Å². The molecule has 0 aliphatic rings. The Bertz CT molecular complexity index is 554. The molecule has 0 saturated carbocycles. The third-order valence-electron chi connectivity index (χ3n) is 2.10. The summed E-state index contributed by atoms with van der Waals surface area (Å²) in [6.07, 6.45) is 1.55. The van der Waals surface area contributed by atoms with Gasteiger partial charge < -0.3 is 15.3 Å². The lowest BCUT2D eigenvalue weighted by molar-refractivity contribution is 0.429. The second kappa shape index (κ2) is 4.12. The molecule has 1 aromatic heterocycles. The van der Waals surface area contributed by atoms with Crippen LogP contribution in [-0.2, 0) is 7.05 Å². The zero-order valence-corrected chi connectivity index (χ0v) is 8.94. The maximum Gasteiger partial charge on any atom is 0.172 e. The van der Waals surface area contributed by atoms with E-state index in [9.17, 15) is 10.2 Å². The van der Waals surface area contributed by atoms with Crippen molar-refractivity contribution in [3.8, 4) is 17.2 Å². The van der Waals surface area contributed by atoms with E-state index in [0.29, 0.717) is 5.82 Å². The predicted octanol–water partition coefficient (Wildman–Crippen LogP) is 1.95. The fourth-order valence-corrected chi connectivity index (χ4v) is 1.26. The summed E-state index contributed by atoms with van der Waals surface area (Å²) < 4.78 is 1.48. The molecule has 1 heterocycles. The van der Waals surface area contributed by atoms with Crippen LogP contribution in [0.25, 0.3) is 0 Å². The number of benzene rings is 1. The van der Waals surface area contributed by atoms with Crippen molar-refractivity contribution in [2.45, 2.75) is 0 Å². The van der Waals surface area contributed by atoms with E-state index in [1.165, 1.54) is 4.68 Å². The van der Waals surface area contributed by atoms with Gasteiger partial charge in [-0.1, -0.05) is 0 Å². The van der Waals surface area contributed by atoms with E-state index in [1.54, 1.807) is 19.3 Å². The highest BCUT2D eigenvalue weighted by Crippen LogP contribution is 2.39. The van der Waals surface area contributed by atoms with E-state index in [-0.39, 0.29) is 22.9 Å². The van der Waals surface area contributed by atoms with Crippen molar-refractivity contribution in [3.05, 3.63) is 24.4 Å². The van der Waals surface area contributed by atoms with Gasteiger partial charge in [-0.25, -0.2) is 4.68 Å². The lowest BCUT2D eigenvalue weighted by Crippen LogP contribution is -1.86. The van der Waals surface area contributed by atoms with Crippen molar-refractivity contribution in [2.75, 3.05) is 0 Å². The van der Waals surface area contributed by atoms with Crippen molar-refractivity contribution in [1.29, 1.82) is 0 Å². The van der Waals surface area contributed by atoms with Gasteiger partial charge >= 0.3 is 0 Å². The molecule has 0 unspecified atom stereocenters. The van der Waals surface area contributed by atoms with Gasteiger partial charge in [-0.2, -0.15) is 5.10 Å². The topological polar surface area (TPSA) is 103 Å². The molecule has 0 saturated heterocycles. The minimum absolute atomic E-state index is 0.107. The third kappa shape index (κ3) is 2.17. The zero-order chi connectivity index (χ0) is 12.4. The molecular formula is C10H10N4O3. The first-order valence-corrected chi connectivity index (χ1v) is 4.72. The summed E-state index contributed by atoms with van der Waals surface area (Å²) in [5.41, 5.74) is -0.107. The number of hydrogen-bond donors (Lipinski definition) is 3. The van der Waals surface area contributed by atoms with Gasteiger partial charge in [-0.05, 0) is 0 Å². The van der Waals surface area contributed by atoms with Crippen LogP contribution in [0.1, 0.15) is 0 Å². The molecule has 3 N–H and O–H groups in total. The smallest absolute Gasteiger partial charge is 0.172 e. The number of phenols is 3. The number of aromatic hydroxyl groups is 3. The minimum Gasteiger partial charge on any atom is -0.508 e. The maximum atomic E-state index is 9.47. The molecule has 1 aromatic carbocycles. The Morgan fingerprint density at radius 2 is 1.76 bits per heavy atom. The number of aromatic nitrogens is 2. The van der Waals surface area contributed by atoms with Crippen LogP contribution in [0.3, 0.4) is 0 Å². The summed E-state index contributed by atoms with van der Waals surface area (Å²) in [6.45, 7) is 0. The fraction of sp³-hybridized carbons (Fsp3) is 0.100. The van der Waals surface area contributed by atoms with Crippen LogP contribution >= 0.6 is 0 Å². The standard InChI is InChI=1S/C10H10N4O3/c1-14-9(2-3-11-14)12-13-10-7(16)4-6(15)5-8(10)17/h2-5,15-17H,1H3/b13-12+. The van der Waals surface area contributed by atoms with E-state index in [0.717, 1.165) is 12.1 Å². The van der Waals surface area contributed by atoms with Gasteiger partial charge in [0.05, 0.1) is 6.20 Å². The van der Waals surface area contributed by atoms with E-state index in [1.807, 2.05) is 0 Å². The van der Waals surface area contributed by atoms with Crippen LogP contribution in [0.5, 0.6) is 17.2 Å². The molecular weight excluding hydrogens is 224 g/mol. The number of azo groups is 1. The highest BCUT2D eigenvalue weighted by atomic mass is 16.3. The second-order valence-corrected chi connectivity index (χ2v) is 3.35. The molecule has 7 heteroatoms.